The van der Waals surface area contributed by atoms with Crippen molar-refractivity contribution in [3.05, 3.63) is 34.9 Å². The third kappa shape index (κ3) is 4.32. The van der Waals surface area contributed by atoms with Gasteiger partial charge >= 0.3 is 0 Å². The molecule has 0 aliphatic carbocycles. The molecule has 14 heavy (non-hydrogen) atoms. The van der Waals surface area contributed by atoms with E-state index in [1.807, 2.05) is 24.3 Å². The molecule has 0 aromatic heterocycles. The first-order valence-electron chi connectivity index (χ1n) is 4.75. The quantitative estimate of drug-likeness (QED) is 0.838. The van der Waals surface area contributed by atoms with E-state index < -0.39 is 0 Å². The molecule has 0 saturated heterocycles. The highest BCUT2D eigenvalue weighted by atomic mass is 35.5. The van der Waals surface area contributed by atoms with Crippen LogP contribution < -0.4 is 5.73 Å². The highest BCUT2D eigenvalue weighted by molar-refractivity contribution is 6.30. The summed E-state index contributed by atoms with van der Waals surface area (Å²) in [6, 6.07) is 7.95. The molecular formula is C11H17Cl2N. The molecule has 0 saturated carbocycles. The standard InChI is InChI=1S/C11H16ClN.ClH/c1-2-3-4-11(13)9-5-7-10(12)8-6-9;/h5-8,11H,2-4,13H2,1H3;1H/t11-;/m1./s1. The van der Waals surface area contributed by atoms with E-state index >= 15 is 0 Å². The summed E-state index contributed by atoms with van der Waals surface area (Å²) in [6.07, 6.45) is 3.43. The number of halogens is 2. The zero-order valence-electron chi connectivity index (χ0n) is 8.37. The minimum atomic E-state index is 0. The summed E-state index contributed by atoms with van der Waals surface area (Å²) in [5, 5.41) is 0.770. The van der Waals surface area contributed by atoms with Crippen LogP contribution in [0.1, 0.15) is 37.8 Å². The predicted molar refractivity (Wildman–Crippen MR) is 65.2 cm³/mol. The molecule has 1 atom stereocenters. The molecule has 0 fully saturated rings. The van der Waals surface area contributed by atoms with E-state index in [0.29, 0.717) is 0 Å². The van der Waals surface area contributed by atoms with Crippen LogP contribution in [0, 0.1) is 0 Å². The average Bonchev–Trinajstić information content (AvgIpc) is 2.15. The Hall–Kier alpha value is -0.240. The van der Waals surface area contributed by atoms with Crippen LogP contribution in [0.4, 0.5) is 0 Å². The molecule has 0 aliphatic rings. The Morgan fingerprint density at radius 3 is 2.36 bits per heavy atom. The van der Waals surface area contributed by atoms with Crippen LogP contribution in [0.2, 0.25) is 5.02 Å². The fraction of sp³-hybridized carbons (Fsp3) is 0.455. The van der Waals surface area contributed by atoms with Crippen LogP contribution in [-0.2, 0) is 0 Å². The van der Waals surface area contributed by atoms with E-state index in [9.17, 15) is 0 Å². The van der Waals surface area contributed by atoms with Crippen LogP contribution in [0.5, 0.6) is 0 Å². The summed E-state index contributed by atoms with van der Waals surface area (Å²) < 4.78 is 0. The lowest BCUT2D eigenvalue weighted by Crippen LogP contribution is -2.09. The van der Waals surface area contributed by atoms with Crippen molar-refractivity contribution in [2.24, 2.45) is 5.73 Å². The van der Waals surface area contributed by atoms with Gasteiger partial charge in [-0.25, -0.2) is 0 Å². The minimum absolute atomic E-state index is 0. The van der Waals surface area contributed by atoms with Crippen molar-refractivity contribution in [3.63, 3.8) is 0 Å². The Kier molecular flexibility index (Phi) is 6.98. The predicted octanol–water partition coefficient (Wildman–Crippen LogP) is 3.95. The lowest BCUT2D eigenvalue weighted by molar-refractivity contribution is 0.603. The summed E-state index contributed by atoms with van der Waals surface area (Å²) in [5.41, 5.74) is 7.17. The Labute approximate surface area is 97.1 Å². The summed E-state index contributed by atoms with van der Waals surface area (Å²) in [4.78, 5) is 0. The second kappa shape index (κ2) is 7.10. The van der Waals surface area contributed by atoms with Gasteiger partial charge in [0.05, 0.1) is 0 Å². The Balaban J connectivity index is 0.00000169. The lowest BCUT2D eigenvalue weighted by Gasteiger charge is -2.10. The summed E-state index contributed by atoms with van der Waals surface area (Å²) in [6.45, 7) is 2.18. The van der Waals surface area contributed by atoms with Crippen molar-refractivity contribution in [2.45, 2.75) is 32.2 Å². The van der Waals surface area contributed by atoms with E-state index in [2.05, 4.69) is 6.92 Å². The number of rotatable bonds is 4. The maximum absolute atomic E-state index is 5.99. The van der Waals surface area contributed by atoms with Crippen molar-refractivity contribution in [1.29, 1.82) is 0 Å². The van der Waals surface area contributed by atoms with Gasteiger partial charge in [-0.3, -0.25) is 0 Å². The Morgan fingerprint density at radius 1 is 1.29 bits per heavy atom. The maximum atomic E-state index is 5.99. The van der Waals surface area contributed by atoms with Gasteiger partial charge in [0.15, 0.2) is 0 Å². The molecule has 0 heterocycles. The molecule has 0 amide bonds. The number of hydrogen-bond acceptors (Lipinski definition) is 1. The monoisotopic (exact) mass is 233 g/mol. The molecule has 80 valence electrons. The van der Waals surface area contributed by atoms with Crippen LogP contribution in [0.3, 0.4) is 0 Å². The van der Waals surface area contributed by atoms with Crippen LogP contribution in [-0.4, -0.2) is 0 Å². The van der Waals surface area contributed by atoms with Crippen molar-refractivity contribution < 1.29 is 0 Å². The summed E-state index contributed by atoms with van der Waals surface area (Å²) in [7, 11) is 0. The smallest absolute Gasteiger partial charge is 0.0406 e. The molecule has 1 aromatic carbocycles. The third-order valence-electron chi connectivity index (χ3n) is 2.17. The Bertz CT molecular complexity index is 246. The molecule has 0 aliphatic heterocycles. The fourth-order valence-electron chi connectivity index (χ4n) is 1.30. The molecule has 1 aromatic rings. The van der Waals surface area contributed by atoms with Gasteiger partial charge in [0.1, 0.15) is 0 Å². The van der Waals surface area contributed by atoms with Crippen molar-refractivity contribution in [2.75, 3.05) is 0 Å². The molecule has 0 spiro atoms. The van der Waals surface area contributed by atoms with E-state index in [0.717, 1.165) is 11.4 Å². The third-order valence-corrected chi connectivity index (χ3v) is 2.42. The molecule has 1 nitrogen and oxygen atoms in total. The first-order chi connectivity index (χ1) is 6.24. The van der Waals surface area contributed by atoms with Crippen LogP contribution >= 0.6 is 24.0 Å². The zero-order chi connectivity index (χ0) is 9.68. The van der Waals surface area contributed by atoms with Crippen molar-refractivity contribution in [1.82, 2.24) is 0 Å². The van der Waals surface area contributed by atoms with Gasteiger partial charge in [-0.05, 0) is 24.1 Å². The number of hydrogen-bond donors (Lipinski definition) is 1. The fourth-order valence-corrected chi connectivity index (χ4v) is 1.43. The first kappa shape index (κ1) is 13.8. The number of unbranched alkanes of at least 4 members (excludes halogenated alkanes) is 1. The molecule has 0 radical (unpaired) electrons. The van der Waals surface area contributed by atoms with E-state index in [-0.39, 0.29) is 18.4 Å². The van der Waals surface area contributed by atoms with Gasteiger partial charge in [-0.2, -0.15) is 0 Å². The number of benzene rings is 1. The van der Waals surface area contributed by atoms with Crippen LogP contribution in [0.15, 0.2) is 24.3 Å². The molecular weight excluding hydrogens is 217 g/mol. The van der Waals surface area contributed by atoms with Gasteiger partial charge in [0.25, 0.3) is 0 Å². The van der Waals surface area contributed by atoms with Gasteiger partial charge in [0.2, 0.25) is 0 Å². The minimum Gasteiger partial charge on any atom is -0.324 e. The van der Waals surface area contributed by atoms with Gasteiger partial charge < -0.3 is 5.73 Å². The Morgan fingerprint density at radius 2 is 1.86 bits per heavy atom. The second-order valence-corrected chi connectivity index (χ2v) is 3.74. The van der Waals surface area contributed by atoms with Gasteiger partial charge in [-0.15, -0.1) is 12.4 Å². The number of nitrogens with two attached hydrogens (primary N) is 1. The van der Waals surface area contributed by atoms with Crippen molar-refractivity contribution in [3.8, 4) is 0 Å². The molecule has 3 heteroatoms. The normalized spacial score (nSPS) is 11.9. The van der Waals surface area contributed by atoms with Gasteiger partial charge in [0, 0.05) is 11.1 Å². The topological polar surface area (TPSA) is 26.0 Å². The molecule has 2 N–H and O–H groups in total. The maximum Gasteiger partial charge on any atom is 0.0406 e. The first-order valence-corrected chi connectivity index (χ1v) is 5.13. The largest absolute Gasteiger partial charge is 0.324 e. The second-order valence-electron chi connectivity index (χ2n) is 3.30. The van der Waals surface area contributed by atoms with E-state index in [4.69, 9.17) is 17.3 Å². The average molecular weight is 234 g/mol. The highest BCUT2D eigenvalue weighted by Crippen LogP contribution is 2.18. The highest BCUT2D eigenvalue weighted by Gasteiger charge is 2.03. The molecule has 1 rings (SSSR count). The van der Waals surface area contributed by atoms with Crippen LogP contribution in [0.25, 0.3) is 0 Å². The summed E-state index contributed by atoms with van der Waals surface area (Å²) in [5.74, 6) is 0. The zero-order valence-corrected chi connectivity index (χ0v) is 9.94. The SMILES string of the molecule is CCCC[C@@H](N)c1ccc(Cl)cc1.Cl. The van der Waals surface area contributed by atoms with E-state index in [1.165, 1.54) is 18.4 Å². The summed E-state index contributed by atoms with van der Waals surface area (Å²) >= 11 is 5.78. The lowest BCUT2D eigenvalue weighted by atomic mass is 10.0. The van der Waals surface area contributed by atoms with Crippen molar-refractivity contribution >= 4 is 24.0 Å². The van der Waals surface area contributed by atoms with E-state index in [1.54, 1.807) is 0 Å². The molecule has 0 bridgehead atoms. The molecule has 0 unspecified atom stereocenters. The van der Waals surface area contributed by atoms with Gasteiger partial charge in [-0.1, -0.05) is 43.5 Å².